The number of carbonyl (C=O) groups excluding carboxylic acids is 1. The van der Waals surface area contributed by atoms with Crippen molar-refractivity contribution in [3.05, 3.63) is 123 Å². The number of allylic oxidation sites excluding steroid dienone is 3. The van der Waals surface area contributed by atoms with E-state index in [1.165, 1.54) is 0 Å². The summed E-state index contributed by atoms with van der Waals surface area (Å²) in [4.78, 5) is 27.5. The molecule has 1 aliphatic rings. The molecule has 160 valence electrons. The van der Waals surface area contributed by atoms with Gasteiger partial charge in [0, 0.05) is 0 Å². The Hall–Kier alpha value is -4.55. The van der Waals surface area contributed by atoms with Crippen molar-refractivity contribution in [1.82, 2.24) is 9.97 Å². The second kappa shape index (κ2) is 9.13. The molecule has 0 unspecified atom stereocenters. The minimum absolute atomic E-state index is 0.0765. The summed E-state index contributed by atoms with van der Waals surface area (Å²) in [5, 5.41) is 9.54. The molecule has 2 aromatic heterocycles. The van der Waals surface area contributed by atoms with Crippen LogP contribution in [0.15, 0.2) is 96.5 Å². The quantitative estimate of drug-likeness (QED) is 0.160. The summed E-state index contributed by atoms with van der Waals surface area (Å²) in [5.41, 5.74) is 2.81. The van der Waals surface area contributed by atoms with Crippen LogP contribution in [0.4, 0.5) is 16.2 Å². The molecule has 0 radical (unpaired) electrons. The monoisotopic (exact) mass is 505 g/mol. The van der Waals surface area contributed by atoms with E-state index in [4.69, 9.17) is 6.57 Å². The first-order valence-corrected chi connectivity index (χ1v) is 12.0. The number of hydrogen-bond acceptors (Lipinski definition) is 5. The number of nitriles is 1. The summed E-state index contributed by atoms with van der Waals surface area (Å²) in [6, 6.07) is 24.7. The Morgan fingerprint density at radius 1 is 0.971 bits per heavy atom. The van der Waals surface area contributed by atoms with Crippen LogP contribution in [-0.4, -0.2) is 30.3 Å². The topological polar surface area (TPSA) is 74.2 Å². The van der Waals surface area contributed by atoms with Crippen LogP contribution in [0.5, 0.6) is 0 Å². The fourth-order valence-corrected chi connectivity index (χ4v) is 5.87. The second-order valence-corrected chi connectivity index (χ2v) is 9.57. The van der Waals surface area contributed by atoms with E-state index >= 15 is 0 Å². The molecular weight excluding hydrogens is 489 g/mol. The minimum atomic E-state index is -0.168. The molecule has 0 fully saturated rings. The van der Waals surface area contributed by atoms with E-state index in [1.807, 2.05) is 65.6 Å². The Labute approximate surface area is 202 Å². The van der Waals surface area contributed by atoms with Gasteiger partial charge in [-0.15, -0.1) is 0 Å². The average Bonchev–Trinajstić information content (AvgIpc) is 3.45. The molecule has 0 spiro atoms. The van der Waals surface area contributed by atoms with E-state index in [-0.39, 0.29) is 26.0 Å². The van der Waals surface area contributed by atoms with Gasteiger partial charge in [-0.25, -0.2) is 0 Å². The first kappa shape index (κ1) is 21.3. The molecule has 1 aliphatic carbocycles. The van der Waals surface area contributed by atoms with E-state index in [1.54, 1.807) is 36.7 Å². The Morgan fingerprint density at radius 3 is 2.38 bits per heavy atom. The van der Waals surface area contributed by atoms with Gasteiger partial charge in [-0.1, -0.05) is 0 Å². The summed E-state index contributed by atoms with van der Waals surface area (Å²) in [6.45, 7) is 7.45. The van der Waals surface area contributed by atoms with Crippen molar-refractivity contribution < 1.29 is 4.79 Å². The number of Topliss-reactive ketones (excluding diaryl/α,β-unsaturated/α-hetero) is 1. The van der Waals surface area contributed by atoms with Gasteiger partial charge in [0.25, 0.3) is 0 Å². The Morgan fingerprint density at radius 2 is 1.68 bits per heavy atom. The Kier molecular flexibility index (Phi) is 5.72. The third-order valence-corrected chi connectivity index (χ3v) is 7.43. The van der Waals surface area contributed by atoms with Crippen LogP contribution in [0, 0.1) is 17.9 Å². The molecule has 0 aliphatic heterocycles. The standard InChI is InChI=1S/C27H15N5OSe/c1-29-23(17-28)25-20-10-5-6-11-21(20)26(33)22(25)16-19-12-13-24(34-19)32(18-8-3-2-4-9-18)27-30-14-7-15-31-27/h2-16H/b22-16+,25-23-. The predicted octanol–water partition coefficient (Wildman–Crippen LogP) is 5.44. The van der Waals surface area contributed by atoms with Crippen LogP contribution in [-0.2, 0) is 0 Å². The zero-order valence-corrected chi connectivity index (χ0v) is 19.4. The molecule has 4 aromatic rings. The number of aromatic nitrogens is 2. The van der Waals surface area contributed by atoms with Gasteiger partial charge < -0.3 is 0 Å². The number of benzene rings is 2. The van der Waals surface area contributed by atoms with E-state index in [0.717, 1.165) is 14.7 Å². The maximum absolute atomic E-state index is 13.2. The van der Waals surface area contributed by atoms with Crippen LogP contribution in [0.3, 0.4) is 0 Å². The SMILES string of the molecule is [C-]#[N+]/C(C#N)=C1\C(=C/c2ccc(N(c3ccccc3)c3ncccn3)[se]2)C(=O)c2ccccc21. The van der Waals surface area contributed by atoms with Gasteiger partial charge in [-0.3, -0.25) is 0 Å². The van der Waals surface area contributed by atoms with Gasteiger partial charge >= 0.3 is 203 Å². The normalized spacial score (nSPS) is 14.9. The van der Waals surface area contributed by atoms with Crippen LogP contribution in [0.2, 0.25) is 0 Å². The predicted molar refractivity (Wildman–Crippen MR) is 132 cm³/mol. The first-order valence-electron chi connectivity index (χ1n) is 10.3. The molecule has 0 amide bonds. The summed E-state index contributed by atoms with van der Waals surface area (Å²) in [7, 11) is 0. The van der Waals surface area contributed by atoms with Crippen molar-refractivity contribution in [2.45, 2.75) is 0 Å². The van der Waals surface area contributed by atoms with Gasteiger partial charge in [-0.05, 0) is 0 Å². The number of fused-ring (bicyclic) bond motifs is 1. The third kappa shape index (κ3) is 3.76. The fourth-order valence-electron chi connectivity index (χ4n) is 3.84. The van der Waals surface area contributed by atoms with Crippen molar-refractivity contribution in [3.63, 3.8) is 0 Å². The van der Waals surface area contributed by atoms with E-state index in [9.17, 15) is 10.1 Å². The van der Waals surface area contributed by atoms with Crippen molar-refractivity contribution in [2.75, 3.05) is 4.90 Å². The summed E-state index contributed by atoms with van der Waals surface area (Å²) < 4.78 is 1.96. The fraction of sp³-hybridized carbons (Fsp3) is 0. The Bertz CT molecular complexity index is 1480. The molecule has 0 N–H and O–H groups in total. The number of para-hydroxylation sites is 1. The molecule has 34 heavy (non-hydrogen) atoms. The van der Waals surface area contributed by atoms with Gasteiger partial charge in [0.2, 0.25) is 0 Å². The van der Waals surface area contributed by atoms with Crippen molar-refractivity contribution in [2.24, 2.45) is 0 Å². The zero-order valence-electron chi connectivity index (χ0n) is 17.7. The molecule has 2 heterocycles. The van der Waals surface area contributed by atoms with Gasteiger partial charge in [0.15, 0.2) is 0 Å². The van der Waals surface area contributed by atoms with Crippen LogP contribution >= 0.6 is 0 Å². The second-order valence-electron chi connectivity index (χ2n) is 7.28. The molecular formula is C27H15N5OSe. The van der Waals surface area contributed by atoms with E-state index in [0.29, 0.717) is 28.2 Å². The van der Waals surface area contributed by atoms with E-state index in [2.05, 4.69) is 14.8 Å². The van der Waals surface area contributed by atoms with Gasteiger partial charge in [-0.2, -0.15) is 0 Å². The van der Waals surface area contributed by atoms with Gasteiger partial charge in [0.1, 0.15) is 0 Å². The number of carbonyl (C=O) groups is 1. The van der Waals surface area contributed by atoms with Crippen LogP contribution in [0.25, 0.3) is 16.5 Å². The number of hydrogen-bond donors (Lipinski definition) is 0. The molecule has 0 saturated carbocycles. The average molecular weight is 504 g/mol. The third-order valence-electron chi connectivity index (χ3n) is 5.30. The molecule has 2 aromatic carbocycles. The molecule has 0 bridgehead atoms. The molecule has 0 atom stereocenters. The van der Waals surface area contributed by atoms with E-state index < -0.39 is 0 Å². The van der Waals surface area contributed by atoms with Crippen LogP contribution < -0.4 is 4.90 Å². The summed E-state index contributed by atoms with van der Waals surface area (Å²) >= 11 is -0.160. The van der Waals surface area contributed by atoms with Gasteiger partial charge in [0.05, 0.1) is 0 Å². The molecule has 7 heteroatoms. The first-order chi connectivity index (χ1) is 16.7. The number of nitrogens with zero attached hydrogens (tertiary/aromatic N) is 5. The Balaban J connectivity index is 1.62. The van der Waals surface area contributed by atoms with Crippen molar-refractivity contribution in [3.8, 4) is 6.07 Å². The molecule has 6 nitrogen and oxygen atoms in total. The number of anilines is 3. The summed E-state index contributed by atoms with van der Waals surface area (Å²) in [5.74, 6) is 0.396. The van der Waals surface area contributed by atoms with Crippen molar-refractivity contribution >= 4 is 48.1 Å². The van der Waals surface area contributed by atoms with Crippen LogP contribution in [0.1, 0.15) is 20.4 Å². The number of rotatable bonds is 4. The van der Waals surface area contributed by atoms with Crippen molar-refractivity contribution in [1.29, 1.82) is 5.26 Å². The zero-order chi connectivity index (χ0) is 23.5. The summed E-state index contributed by atoms with van der Waals surface area (Å²) in [6.07, 6.45) is 5.23. The molecule has 5 rings (SSSR count). The molecule has 0 saturated heterocycles. The maximum atomic E-state index is 13.2. The number of ketones is 1.